The molecule has 2 aromatic heterocycles. The number of carbonyl (C=O) groups is 1. The minimum atomic E-state index is -0.334. The lowest BCUT2D eigenvalue weighted by atomic mass is 9.84. The average molecular weight is 366 g/mol. The highest BCUT2D eigenvalue weighted by Gasteiger charge is 2.34. The van der Waals surface area contributed by atoms with E-state index in [1.54, 1.807) is 11.8 Å². The predicted molar refractivity (Wildman–Crippen MR) is 104 cm³/mol. The summed E-state index contributed by atoms with van der Waals surface area (Å²) in [5.41, 5.74) is 2.96. The lowest BCUT2D eigenvalue weighted by Crippen LogP contribution is -2.28. The number of carbonyl (C=O) groups excluding carboxylic acids is 1. The highest BCUT2D eigenvalue weighted by molar-refractivity contribution is 5.95. The number of H-pyrrole nitrogens is 1. The first kappa shape index (κ1) is 17.3. The fourth-order valence-corrected chi connectivity index (χ4v) is 3.80. The van der Waals surface area contributed by atoms with Crippen LogP contribution in [-0.4, -0.2) is 27.8 Å². The number of anilines is 1. The number of rotatable bonds is 3. The van der Waals surface area contributed by atoms with E-state index in [1.165, 1.54) is 0 Å². The molecule has 1 aliphatic heterocycles. The molecule has 0 saturated carbocycles. The minimum absolute atomic E-state index is 0.115. The van der Waals surface area contributed by atoms with Gasteiger partial charge in [-0.2, -0.15) is 5.10 Å². The first-order chi connectivity index (χ1) is 12.9. The summed E-state index contributed by atoms with van der Waals surface area (Å²) in [5, 5.41) is 8.37. The maximum absolute atomic E-state index is 12.8. The molecule has 0 fully saturated rings. The molecule has 0 radical (unpaired) electrons. The number of benzene rings is 1. The van der Waals surface area contributed by atoms with Gasteiger partial charge >= 0.3 is 0 Å². The molecule has 4 rings (SSSR count). The van der Waals surface area contributed by atoms with E-state index in [9.17, 15) is 9.59 Å². The minimum Gasteiger partial charge on any atom is -0.497 e. The SMILES string of the molecule is COc1ccc2[nH]c(=O)c(C3CC(=O)Nc4c3c(C(C)C)nn4C)cc2c1. The summed E-state index contributed by atoms with van der Waals surface area (Å²) in [5.74, 6) is 1.11. The molecule has 3 heterocycles. The molecule has 3 aromatic rings. The second-order valence-corrected chi connectivity index (χ2v) is 7.24. The van der Waals surface area contributed by atoms with Crippen molar-refractivity contribution in [1.82, 2.24) is 14.8 Å². The monoisotopic (exact) mass is 366 g/mol. The molecule has 1 aliphatic rings. The molecule has 2 N–H and O–H groups in total. The molecule has 0 spiro atoms. The number of pyridine rings is 1. The van der Waals surface area contributed by atoms with Gasteiger partial charge in [0.25, 0.3) is 5.56 Å². The Morgan fingerprint density at radius 2 is 2.04 bits per heavy atom. The highest BCUT2D eigenvalue weighted by atomic mass is 16.5. The summed E-state index contributed by atoms with van der Waals surface area (Å²) >= 11 is 0. The van der Waals surface area contributed by atoms with Gasteiger partial charge in [0.15, 0.2) is 0 Å². The van der Waals surface area contributed by atoms with E-state index in [0.29, 0.717) is 17.1 Å². The Morgan fingerprint density at radius 3 is 2.74 bits per heavy atom. The number of aromatic amines is 1. The van der Waals surface area contributed by atoms with Crippen LogP contribution in [0.25, 0.3) is 10.9 Å². The zero-order chi connectivity index (χ0) is 19.3. The van der Waals surface area contributed by atoms with Crippen LogP contribution >= 0.6 is 0 Å². The molecular weight excluding hydrogens is 344 g/mol. The number of nitrogens with one attached hydrogen (secondary N) is 2. The number of nitrogens with zero attached hydrogens (tertiary/aromatic N) is 2. The first-order valence-electron chi connectivity index (χ1n) is 8.96. The van der Waals surface area contributed by atoms with Gasteiger partial charge in [-0.05, 0) is 30.2 Å². The van der Waals surface area contributed by atoms with Crippen molar-refractivity contribution in [2.75, 3.05) is 12.4 Å². The van der Waals surface area contributed by atoms with Crippen LogP contribution in [0.4, 0.5) is 5.82 Å². The van der Waals surface area contributed by atoms with Crippen molar-refractivity contribution in [3.05, 3.63) is 51.4 Å². The van der Waals surface area contributed by atoms with Crippen molar-refractivity contribution in [3.63, 3.8) is 0 Å². The van der Waals surface area contributed by atoms with E-state index >= 15 is 0 Å². The summed E-state index contributed by atoms with van der Waals surface area (Å²) in [4.78, 5) is 28.1. The quantitative estimate of drug-likeness (QED) is 0.746. The number of amides is 1. The number of fused-ring (bicyclic) bond motifs is 2. The van der Waals surface area contributed by atoms with Gasteiger partial charge in [-0.1, -0.05) is 13.8 Å². The number of aryl methyl sites for hydroxylation is 1. The van der Waals surface area contributed by atoms with E-state index in [-0.39, 0.29) is 29.7 Å². The van der Waals surface area contributed by atoms with Crippen LogP contribution in [0.2, 0.25) is 0 Å². The standard InChI is InChI=1S/C20H22N4O3/c1-10(2)18-17-13(9-16(25)22-19(17)24(3)23-18)14-8-11-7-12(27-4)5-6-15(11)21-20(14)26/h5-8,10,13H,9H2,1-4H3,(H,21,26)(H,22,25). The molecule has 1 atom stereocenters. The summed E-state index contributed by atoms with van der Waals surface area (Å²) < 4.78 is 6.98. The smallest absolute Gasteiger partial charge is 0.252 e. The number of ether oxygens (including phenoxy) is 1. The van der Waals surface area contributed by atoms with Gasteiger partial charge in [0, 0.05) is 41.4 Å². The second kappa shape index (κ2) is 6.26. The maximum atomic E-state index is 12.8. The fraction of sp³-hybridized carbons (Fsp3) is 0.350. The summed E-state index contributed by atoms with van der Waals surface area (Å²) in [7, 11) is 3.42. The largest absolute Gasteiger partial charge is 0.497 e. The second-order valence-electron chi connectivity index (χ2n) is 7.24. The van der Waals surface area contributed by atoms with Crippen LogP contribution < -0.4 is 15.6 Å². The van der Waals surface area contributed by atoms with Crippen molar-refractivity contribution in [2.45, 2.75) is 32.1 Å². The Kier molecular flexibility index (Phi) is 4.02. The third-order valence-electron chi connectivity index (χ3n) is 5.11. The molecule has 1 unspecified atom stereocenters. The summed E-state index contributed by atoms with van der Waals surface area (Å²) in [6.07, 6.45) is 0.219. The normalized spacial score (nSPS) is 16.5. The molecule has 1 aromatic carbocycles. The number of aromatic nitrogens is 3. The summed E-state index contributed by atoms with van der Waals surface area (Å²) in [6, 6.07) is 7.37. The van der Waals surface area contributed by atoms with Crippen LogP contribution in [0.1, 0.15) is 48.9 Å². The number of hydrogen-bond donors (Lipinski definition) is 2. The maximum Gasteiger partial charge on any atom is 0.252 e. The van der Waals surface area contributed by atoms with E-state index in [2.05, 4.69) is 29.2 Å². The average Bonchev–Trinajstić information content (AvgIpc) is 2.97. The van der Waals surface area contributed by atoms with Crippen LogP contribution in [0, 0.1) is 0 Å². The van der Waals surface area contributed by atoms with Gasteiger partial charge in [0.2, 0.25) is 5.91 Å². The Morgan fingerprint density at radius 1 is 1.26 bits per heavy atom. The van der Waals surface area contributed by atoms with Gasteiger partial charge in [-0.3, -0.25) is 14.3 Å². The Balaban J connectivity index is 1.95. The first-order valence-corrected chi connectivity index (χ1v) is 8.96. The molecule has 0 aliphatic carbocycles. The van der Waals surface area contributed by atoms with Crippen molar-refractivity contribution in [1.29, 1.82) is 0 Å². The zero-order valence-corrected chi connectivity index (χ0v) is 15.8. The molecule has 1 amide bonds. The van der Waals surface area contributed by atoms with E-state index in [1.807, 2.05) is 31.3 Å². The lowest BCUT2D eigenvalue weighted by Gasteiger charge is -2.24. The number of hydrogen-bond acceptors (Lipinski definition) is 4. The van der Waals surface area contributed by atoms with Crippen molar-refractivity contribution in [3.8, 4) is 5.75 Å². The predicted octanol–water partition coefficient (Wildman–Crippen LogP) is 2.87. The molecule has 0 saturated heterocycles. The molecular formula is C20H22N4O3. The Bertz CT molecular complexity index is 1110. The summed E-state index contributed by atoms with van der Waals surface area (Å²) in [6.45, 7) is 4.12. The van der Waals surface area contributed by atoms with Crippen LogP contribution in [-0.2, 0) is 11.8 Å². The van der Waals surface area contributed by atoms with Gasteiger partial charge in [0.1, 0.15) is 11.6 Å². The van der Waals surface area contributed by atoms with Crippen molar-refractivity contribution < 1.29 is 9.53 Å². The van der Waals surface area contributed by atoms with Crippen molar-refractivity contribution >= 4 is 22.6 Å². The molecule has 7 heteroatoms. The van der Waals surface area contributed by atoms with Crippen molar-refractivity contribution in [2.24, 2.45) is 7.05 Å². The molecule has 7 nitrogen and oxygen atoms in total. The van der Waals surface area contributed by atoms with E-state index in [0.717, 1.165) is 22.2 Å². The fourth-order valence-electron chi connectivity index (χ4n) is 3.80. The van der Waals surface area contributed by atoms with Crippen LogP contribution in [0.5, 0.6) is 5.75 Å². The van der Waals surface area contributed by atoms with Gasteiger partial charge in [-0.15, -0.1) is 0 Å². The zero-order valence-electron chi connectivity index (χ0n) is 15.8. The Labute approximate surface area is 156 Å². The molecule has 0 bridgehead atoms. The highest BCUT2D eigenvalue weighted by Crippen LogP contribution is 2.40. The Hall–Kier alpha value is -3.09. The van der Waals surface area contributed by atoms with E-state index in [4.69, 9.17) is 4.74 Å². The van der Waals surface area contributed by atoms with Crippen LogP contribution in [0.15, 0.2) is 29.1 Å². The van der Waals surface area contributed by atoms with Gasteiger partial charge < -0.3 is 15.0 Å². The number of methoxy groups -OCH3 is 1. The van der Waals surface area contributed by atoms with E-state index < -0.39 is 0 Å². The topological polar surface area (TPSA) is 89.0 Å². The molecule has 27 heavy (non-hydrogen) atoms. The molecule has 140 valence electrons. The van der Waals surface area contributed by atoms with Gasteiger partial charge in [0.05, 0.1) is 12.8 Å². The lowest BCUT2D eigenvalue weighted by molar-refractivity contribution is -0.116. The third-order valence-corrected chi connectivity index (χ3v) is 5.11. The van der Waals surface area contributed by atoms with Crippen LogP contribution in [0.3, 0.4) is 0 Å². The third kappa shape index (κ3) is 2.79. The van der Waals surface area contributed by atoms with Gasteiger partial charge in [-0.25, -0.2) is 0 Å².